The Bertz CT molecular complexity index is 504. The summed E-state index contributed by atoms with van der Waals surface area (Å²) in [7, 11) is 0. The molecule has 0 unspecified atom stereocenters. The molecule has 0 aliphatic rings. The SMILES string of the molecule is CC(C)=CCc1cccc2[nH]cc(Cl)c12. The van der Waals surface area contributed by atoms with Gasteiger partial charge in [0.1, 0.15) is 0 Å². The number of hydrogen-bond donors (Lipinski definition) is 1. The van der Waals surface area contributed by atoms with Crippen LogP contribution in [0.2, 0.25) is 5.02 Å². The summed E-state index contributed by atoms with van der Waals surface area (Å²) in [6.07, 6.45) is 5.01. The third-order valence-electron chi connectivity index (χ3n) is 2.47. The minimum absolute atomic E-state index is 0.808. The third kappa shape index (κ3) is 2.07. The average Bonchev–Trinajstić information content (AvgIpc) is 2.58. The number of H-pyrrole nitrogens is 1. The van der Waals surface area contributed by atoms with Crippen LogP contribution in [0.3, 0.4) is 0 Å². The van der Waals surface area contributed by atoms with Crippen molar-refractivity contribution in [2.45, 2.75) is 20.3 Å². The fraction of sp³-hybridized carbons (Fsp3) is 0.231. The van der Waals surface area contributed by atoms with E-state index in [1.807, 2.05) is 12.3 Å². The molecule has 1 N–H and O–H groups in total. The average molecular weight is 220 g/mol. The smallest absolute Gasteiger partial charge is 0.0662 e. The molecule has 1 heterocycles. The van der Waals surface area contributed by atoms with E-state index >= 15 is 0 Å². The second kappa shape index (κ2) is 4.11. The minimum Gasteiger partial charge on any atom is -0.360 e. The zero-order valence-corrected chi connectivity index (χ0v) is 9.73. The molecule has 0 spiro atoms. The highest BCUT2D eigenvalue weighted by atomic mass is 35.5. The first-order valence-electron chi connectivity index (χ1n) is 5.06. The number of benzene rings is 1. The van der Waals surface area contributed by atoms with Crippen LogP contribution in [0, 0.1) is 0 Å². The van der Waals surface area contributed by atoms with E-state index in [2.05, 4.69) is 37.0 Å². The number of fused-ring (bicyclic) bond motifs is 1. The number of aromatic amines is 1. The van der Waals surface area contributed by atoms with E-state index in [1.165, 1.54) is 11.1 Å². The molecule has 0 radical (unpaired) electrons. The Hall–Kier alpha value is -1.21. The van der Waals surface area contributed by atoms with Crippen molar-refractivity contribution in [2.24, 2.45) is 0 Å². The molecule has 2 rings (SSSR count). The summed E-state index contributed by atoms with van der Waals surface area (Å²) in [6.45, 7) is 4.22. The molecule has 0 fully saturated rings. The van der Waals surface area contributed by atoms with Crippen molar-refractivity contribution in [2.75, 3.05) is 0 Å². The lowest BCUT2D eigenvalue weighted by atomic mass is 10.1. The number of allylic oxidation sites excluding steroid dienone is 2. The number of halogens is 1. The molecular weight excluding hydrogens is 206 g/mol. The standard InChI is InChI=1S/C13H14ClN/c1-9(2)6-7-10-4-3-5-12-13(10)11(14)8-15-12/h3-6,8,15H,7H2,1-2H3. The van der Waals surface area contributed by atoms with Crippen LogP contribution in [-0.4, -0.2) is 4.98 Å². The Morgan fingerprint density at radius 1 is 1.40 bits per heavy atom. The van der Waals surface area contributed by atoms with E-state index in [0.717, 1.165) is 22.3 Å². The van der Waals surface area contributed by atoms with Gasteiger partial charge in [0.2, 0.25) is 0 Å². The Morgan fingerprint density at radius 3 is 2.93 bits per heavy atom. The molecule has 1 nitrogen and oxygen atoms in total. The maximum Gasteiger partial charge on any atom is 0.0662 e. The summed E-state index contributed by atoms with van der Waals surface area (Å²) in [5.41, 5.74) is 3.72. The van der Waals surface area contributed by atoms with Crippen LogP contribution in [0.15, 0.2) is 36.0 Å². The quantitative estimate of drug-likeness (QED) is 0.724. The number of nitrogens with one attached hydrogen (secondary N) is 1. The van der Waals surface area contributed by atoms with Crippen molar-refractivity contribution >= 4 is 22.5 Å². The molecule has 0 saturated heterocycles. The van der Waals surface area contributed by atoms with E-state index in [-0.39, 0.29) is 0 Å². The number of aromatic nitrogens is 1. The fourth-order valence-electron chi connectivity index (χ4n) is 1.70. The monoisotopic (exact) mass is 219 g/mol. The minimum atomic E-state index is 0.808. The van der Waals surface area contributed by atoms with Crippen LogP contribution in [0.5, 0.6) is 0 Å². The van der Waals surface area contributed by atoms with E-state index in [4.69, 9.17) is 11.6 Å². The molecule has 0 atom stereocenters. The summed E-state index contributed by atoms with van der Waals surface area (Å²) in [5, 5.41) is 1.96. The van der Waals surface area contributed by atoms with Gasteiger partial charge in [0.05, 0.1) is 5.02 Å². The Kier molecular flexibility index (Phi) is 2.83. The molecule has 2 aromatic rings. The summed E-state index contributed by atoms with van der Waals surface area (Å²) >= 11 is 6.14. The number of hydrogen-bond acceptors (Lipinski definition) is 0. The molecule has 0 aliphatic heterocycles. The second-order valence-electron chi connectivity index (χ2n) is 3.96. The first-order chi connectivity index (χ1) is 7.18. The van der Waals surface area contributed by atoms with E-state index in [0.29, 0.717) is 0 Å². The Morgan fingerprint density at radius 2 is 2.20 bits per heavy atom. The molecule has 1 aromatic heterocycles. The van der Waals surface area contributed by atoms with Crippen molar-refractivity contribution in [3.8, 4) is 0 Å². The zero-order chi connectivity index (χ0) is 10.8. The van der Waals surface area contributed by atoms with Gasteiger partial charge in [-0.25, -0.2) is 0 Å². The lowest BCUT2D eigenvalue weighted by Crippen LogP contribution is -1.83. The van der Waals surface area contributed by atoms with Gasteiger partial charge in [0, 0.05) is 17.1 Å². The van der Waals surface area contributed by atoms with Crippen LogP contribution in [0.4, 0.5) is 0 Å². The van der Waals surface area contributed by atoms with Crippen LogP contribution in [0.1, 0.15) is 19.4 Å². The molecule has 0 bridgehead atoms. The highest BCUT2D eigenvalue weighted by molar-refractivity contribution is 6.35. The van der Waals surface area contributed by atoms with Gasteiger partial charge < -0.3 is 4.98 Å². The van der Waals surface area contributed by atoms with Gasteiger partial charge in [-0.1, -0.05) is 35.4 Å². The van der Waals surface area contributed by atoms with Crippen LogP contribution in [-0.2, 0) is 6.42 Å². The topological polar surface area (TPSA) is 15.8 Å². The Labute approximate surface area is 94.8 Å². The van der Waals surface area contributed by atoms with Crippen LogP contribution < -0.4 is 0 Å². The predicted octanol–water partition coefficient (Wildman–Crippen LogP) is 4.33. The van der Waals surface area contributed by atoms with E-state index in [1.54, 1.807) is 0 Å². The molecular formula is C13H14ClN. The third-order valence-corrected chi connectivity index (χ3v) is 2.77. The molecule has 15 heavy (non-hydrogen) atoms. The predicted molar refractivity (Wildman–Crippen MR) is 66.4 cm³/mol. The molecule has 78 valence electrons. The molecule has 0 aliphatic carbocycles. The molecule has 2 heteroatoms. The summed E-state index contributed by atoms with van der Waals surface area (Å²) in [4.78, 5) is 3.16. The second-order valence-corrected chi connectivity index (χ2v) is 4.37. The van der Waals surface area contributed by atoms with Crippen LogP contribution >= 0.6 is 11.6 Å². The van der Waals surface area contributed by atoms with Crippen LogP contribution in [0.25, 0.3) is 10.9 Å². The van der Waals surface area contributed by atoms with E-state index < -0.39 is 0 Å². The zero-order valence-electron chi connectivity index (χ0n) is 8.97. The lowest BCUT2D eigenvalue weighted by Gasteiger charge is -2.00. The van der Waals surface area contributed by atoms with Gasteiger partial charge in [-0.05, 0) is 31.9 Å². The highest BCUT2D eigenvalue weighted by Crippen LogP contribution is 2.27. The van der Waals surface area contributed by atoms with Crippen molar-refractivity contribution in [3.05, 3.63) is 46.6 Å². The summed E-state index contributed by atoms with van der Waals surface area (Å²) in [5.74, 6) is 0. The molecule has 1 aromatic carbocycles. The van der Waals surface area contributed by atoms with Crippen molar-refractivity contribution < 1.29 is 0 Å². The first kappa shape index (κ1) is 10.3. The van der Waals surface area contributed by atoms with Gasteiger partial charge >= 0.3 is 0 Å². The van der Waals surface area contributed by atoms with Gasteiger partial charge in [-0.3, -0.25) is 0 Å². The van der Waals surface area contributed by atoms with Gasteiger partial charge in [0.25, 0.3) is 0 Å². The largest absolute Gasteiger partial charge is 0.360 e. The van der Waals surface area contributed by atoms with E-state index in [9.17, 15) is 0 Å². The summed E-state index contributed by atoms with van der Waals surface area (Å²) < 4.78 is 0. The lowest BCUT2D eigenvalue weighted by molar-refractivity contribution is 1.23. The normalized spacial score (nSPS) is 10.6. The summed E-state index contributed by atoms with van der Waals surface area (Å²) in [6, 6.07) is 6.23. The van der Waals surface area contributed by atoms with Gasteiger partial charge in [-0.15, -0.1) is 0 Å². The molecule has 0 amide bonds. The highest BCUT2D eigenvalue weighted by Gasteiger charge is 2.05. The molecule has 0 saturated carbocycles. The maximum absolute atomic E-state index is 6.14. The van der Waals surface area contributed by atoms with Crippen molar-refractivity contribution in [1.82, 2.24) is 4.98 Å². The van der Waals surface area contributed by atoms with Gasteiger partial charge in [0.15, 0.2) is 0 Å². The maximum atomic E-state index is 6.14. The first-order valence-corrected chi connectivity index (χ1v) is 5.44. The fourth-order valence-corrected chi connectivity index (χ4v) is 1.98. The van der Waals surface area contributed by atoms with Crippen molar-refractivity contribution in [1.29, 1.82) is 0 Å². The number of rotatable bonds is 2. The van der Waals surface area contributed by atoms with Gasteiger partial charge in [-0.2, -0.15) is 0 Å². The van der Waals surface area contributed by atoms with Crippen molar-refractivity contribution in [3.63, 3.8) is 0 Å². The Balaban J connectivity index is 2.50.